The Hall–Kier alpha value is -1.58. The van der Waals surface area contributed by atoms with Gasteiger partial charge in [-0.1, -0.05) is 17.7 Å². The van der Waals surface area contributed by atoms with E-state index in [4.69, 9.17) is 21.4 Å². The monoisotopic (exact) mass is 252 g/mol. The Morgan fingerprint density at radius 1 is 1.12 bits per heavy atom. The number of rotatable bonds is 3. The maximum Gasteiger partial charge on any atom is 0.135 e. The molecule has 0 bridgehead atoms. The van der Waals surface area contributed by atoms with Gasteiger partial charge >= 0.3 is 0 Å². The summed E-state index contributed by atoms with van der Waals surface area (Å²) in [5.41, 5.74) is 0.141. The van der Waals surface area contributed by atoms with Crippen molar-refractivity contribution in [2.45, 2.75) is 6.61 Å². The summed E-state index contributed by atoms with van der Waals surface area (Å²) in [4.78, 5) is 0. The normalized spacial score (nSPS) is 10.3. The van der Waals surface area contributed by atoms with Crippen LogP contribution in [0.25, 0.3) is 0 Å². The molecule has 2 nitrogen and oxygen atoms in total. The maximum atomic E-state index is 13.4. The van der Waals surface area contributed by atoms with Crippen LogP contribution in [0.4, 0.5) is 4.39 Å². The molecule has 2 aromatic carbocycles. The average molecular weight is 253 g/mol. The second-order valence-corrected chi connectivity index (χ2v) is 3.87. The lowest BCUT2D eigenvalue weighted by Gasteiger charge is -2.10. The molecular weight excluding hydrogens is 243 g/mol. The Morgan fingerprint density at radius 2 is 1.82 bits per heavy atom. The van der Waals surface area contributed by atoms with E-state index in [1.54, 1.807) is 30.3 Å². The molecule has 0 aliphatic rings. The van der Waals surface area contributed by atoms with Crippen LogP contribution in [0.5, 0.6) is 11.5 Å². The van der Waals surface area contributed by atoms with Gasteiger partial charge in [-0.3, -0.25) is 0 Å². The highest BCUT2D eigenvalue weighted by atomic mass is 35.5. The smallest absolute Gasteiger partial charge is 0.135 e. The summed E-state index contributed by atoms with van der Waals surface area (Å²) < 4.78 is 18.8. The van der Waals surface area contributed by atoms with E-state index >= 15 is 0 Å². The van der Waals surface area contributed by atoms with Crippen LogP contribution in [0.3, 0.4) is 0 Å². The second kappa shape index (κ2) is 5.17. The van der Waals surface area contributed by atoms with Crippen LogP contribution in [0.1, 0.15) is 5.56 Å². The van der Waals surface area contributed by atoms with E-state index in [2.05, 4.69) is 0 Å². The minimum atomic E-state index is -0.487. The highest BCUT2D eigenvalue weighted by Crippen LogP contribution is 2.27. The molecule has 0 atom stereocenters. The average Bonchev–Trinajstić information content (AvgIpc) is 2.32. The van der Waals surface area contributed by atoms with Crippen LogP contribution in [-0.2, 0) is 6.61 Å². The van der Waals surface area contributed by atoms with Gasteiger partial charge in [-0.2, -0.15) is 0 Å². The molecule has 17 heavy (non-hydrogen) atoms. The van der Waals surface area contributed by atoms with Crippen LogP contribution in [0, 0.1) is 5.82 Å². The predicted molar refractivity (Wildman–Crippen MR) is 63.8 cm³/mol. The van der Waals surface area contributed by atoms with E-state index in [1.165, 1.54) is 12.1 Å². The Morgan fingerprint density at radius 3 is 2.47 bits per heavy atom. The maximum absolute atomic E-state index is 13.4. The zero-order valence-corrected chi connectivity index (χ0v) is 9.62. The molecule has 0 aliphatic heterocycles. The van der Waals surface area contributed by atoms with Gasteiger partial charge in [-0.15, -0.1) is 0 Å². The summed E-state index contributed by atoms with van der Waals surface area (Å²) in [6.07, 6.45) is 0. The summed E-state index contributed by atoms with van der Waals surface area (Å²) in [6, 6.07) is 11.1. The van der Waals surface area contributed by atoms with Gasteiger partial charge in [-0.05, 0) is 36.4 Å². The minimum Gasteiger partial charge on any atom is -0.457 e. The predicted octanol–water partition coefficient (Wildman–Crippen LogP) is 3.76. The molecule has 88 valence electrons. The van der Waals surface area contributed by atoms with Gasteiger partial charge in [0.2, 0.25) is 0 Å². The molecule has 1 N–H and O–H groups in total. The molecule has 0 unspecified atom stereocenters. The fraction of sp³-hybridized carbons (Fsp3) is 0.0769. The van der Waals surface area contributed by atoms with Gasteiger partial charge in [0.15, 0.2) is 0 Å². The van der Waals surface area contributed by atoms with Gasteiger partial charge < -0.3 is 9.84 Å². The van der Waals surface area contributed by atoms with Crippen LogP contribution >= 0.6 is 11.6 Å². The number of benzene rings is 2. The molecule has 0 saturated carbocycles. The number of aliphatic hydroxyl groups excluding tert-OH is 1. The fourth-order valence-corrected chi connectivity index (χ4v) is 1.54. The van der Waals surface area contributed by atoms with Crippen molar-refractivity contribution < 1.29 is 14.2 Å². The lowest BCUT2D eigenvalue weighted by atomic mass is 10.2. The highest BCUT2D eigenvalue weighted by molar-refractivity contribution is 6.30. The van der Waals surface area contributed by atoms with Gasteiger partial charge in [0.05, 0.1) is 12.2 Å². The van der Waals surface area contributed by atoms with Gasteiger partial charge in [-0.25, -0.2) is 4.39 Å². The Labute approximate surface area is 103 Å². The minimum absolute atomic E-state index is 0.141. The van der Waals surface area contributed by atoms with E-state index in [0.29, 0.717) is 16.5 Å². The molecule has 2 aromatic rings. The molecule has 0 radical (unpaired) electrons. The molecular formula is C13H10ClFO2. The van der Waals surface area contributed by atoms with Crippen LogP contribution in [0.15, 0.2) is 42.5 Å². The van der Waals surface area contributed by atoms with Crippen molar-refractivity contribution in [1.82, 2.24) is 0 Å². The molecule has 0 saturated heterocycles. The van der Waals surface area contributed by atoms with Crippen molar-refractivity contribution in [3.8, 4) is 11.5 Å². The first-order chi connectivity index (χ1) is 8.20. The Kier molecular flexibility index (Phi) is 3.61. The lowest BCUT2D eigenvalue weighted by Crippen LogP contribution is -1.95. The quantitative estimate of drug-likeness (QED) is 0.901. The molecule has 0 heterocycles. The number of aliphatic hydroxyl groups is 1. The second-order valence-electron chi connectivity index (χ2n) is 3.43. The highest BCUT2D eigenvalue weighted by Gasteiger charge is 2.09. The number of hydrogen-bond donors (Lipinski definition) is 1. The molecule has 0 aliphatic carbocycles. The van der Waals surface area contributed by atoms with Crippen molar-refractivity contribution in [1.29, 1.82) is 0 Å². The molecule has 0 amide bonds. The van der Waals surface area contributed by atoms with E-state index in [1.807, 2.05) is 0 Å². The Bertz CT molecular complexity index is 511. The lowest BCUT2D eigenvalue weighted by molar-refractivity contribution is 0.270. The first kappa shape index (κ1) is 11.9. The first-order valence-corrected chi connectivity index (χ1v) is 5.40. The molecule has 0 spiro atoms. The van der Waals surface area contributed by atoms with E-state index < -0.39 is 12.4 Å². The van der Waals surface area contributed by atoms with Crippen molar-refractivity contribution in [2.75, 3.05) is 0 Å². The third-order valence-electron chi connectivity index (χ3n) is 2.28. The third kappa shape index (κ3) is 2.75. The summed E-state index contributed by atoms with van der Waals surface area (Å²) in [5, 5.41) is 9.68. The van der Waals surface area contributed by atoms with Crippen molar-refractivity contribution >= 4 is 11.6 Å². The summed E-state index contributed by atoms with van der Waals surface area (Å²) in [7, 11) is 0. The fourth-order valence-electron chi connectivity index (χ4n) is 1.42. The van der Waals surface area contributed by atoms with Crippen molar-refractivity contribution in [3.05, 3.63) is 58.9 Å². The Balaban J connectivity index is 2.29. The van der Waals surface area contributed by atoms with Crippen molar-refractivity contribution in [2.24, 2.45) is 0 Å². The number of ether oxygens (including phenoxy) is 1. The molecule has 2 rings (SSSR count). The standard InChI is InChI=1S/C13H10ClFO2/c14-9-4-6-10(7-5-9)17-13-3-1-2-12(15)11(13)8-16/h1-7,16H,8H2. The van der Waals surface area contributed by atoms with Gasteiger partial charge in [0.1, 0.15) is 17.3 Å². The summed E-state index contributed by atoms with van der Waals surface area (Å²) >= 11 is 5.74. The van der Waals surface area contributed by atoms with Gasteiger partial charge in [0, 0.05) is 5.02 Å². The van der Waals surface area contributed by atoms with Crippen LogP contribution < -0.4 is 4.74 Å². The number of halogens is 2. The number of hydrogen-bond acceptors (Lipinski definition) is 2. The summed E-state index contributed by atoms with van der Waals surface area (Å²) in [6.45, 7) is -0.407. The van der Waals surface area contributed by atoms with E-state index in [0.717, 1.165) is 0 Å². The van der Waals surface area contributed by atoms with E-state index in [-0.39, 0.29) is 5.56 Å². The molecule has 0 aromatic heterocycles. The van der Waals surface area contributed by atoms with Crippen LogP contribution in [0.2, 0.25) is 5.02 Å². The SMILES string of the molecule is OCc1c(F)cccc1Oc1ccc(Cl)cc1. The summed E-state index contributed by atoms with van der Waals surface area (Å²) in [5.74, 6) is 0.350. The molecule has 0 fully saturated rings. The zero-order chi connectivity index (χ0) is 12.3. The first-order valence-electron chi connectivity index (χ1n) is 5.02. The zero-order valence-electron chi connectivity index (χ0n) is 8.86. The topological polar surface area (TPSA) is 29.5 Å². The van der Waals surface area contributed by atoms with E-state index in [9.17, 15) is 4.39 Å². The van der Waals surface area contributed by atoms with Crippen molar-refractivity contribution in [3.63, 3.8) is 0 Å². The molecule has 4 heteroatoms. The van der Waals surface area contributed by atoms with Crippen LogP contribution in [-0.4, -0.2) is 5.11 Å². The third-order valence-corrected chi connectivity index (χ3v) is 2.53. The van der Waals surface area contributed by atoms with Gasteiger partial charge in [0.25, 0.3) is 0 Å². The largest absolute Gasteiger partial charge is 0.457 e.